The maximum Gasteiger partial charge on any atom is 0.191 e. The molecule has 3 aromatic rings. The summed E-state index contributed by atoms with van der Waals surface area (Å²) in [5.41, 5.74) is 3.31. The van der Waals surface area contributed by atoms with Gasteiger partial charge in [0.2, 0.25) is 0 Å². The van der Waals surface area contributed by atoms with Gasteiger partial charge in [0.1, 0.15) is 0 Å². The molecule has 0 aliphatic heterocycles. The third-order valence-corrected chi connectivity index (χ3v) is 4.57. The normalized spacial score (nSPS) is 12.6. The molecule has 3 rings (SSSR count). The van der Waals surface area contributed by atoms with Crippen molar-refractivity contribution in [2.24, 2.45) is 4.99 Å². The Morgan fingerprint density at radius 2 is 1.93 bits per heavy atom. The fraction of sp³-hybridized carbons (Fsp3) is 0.304. The van der Waals surface area contributed by atoms with Gasteiger partial charge in [-0.2, -0.15) is 0 Å². The lowest BCUT2D eigenvalue weighted by atomic mass is 10.1. The molecule has 0 bridgehead atoms. The van der Waals surface area contributed by atoms with E-state index in [2.05, 4.69) is 44.9 Å². The van der Waals surface area contributed by atoms with E-state index in [4.69, 9.17) is 0 Å². The molecular weight excluding hydrogens is 362 g/mol. The number of aromatic nitrogens is 2. The summed E-state index contributed by atoms with van der Waals surface area (Å²) in [7, 11) is 0. The van der Waals surface area contributed by atoms with Crippen LogP contribution >= 0.6 is 0 Å². The van der Waals surface area contributed by atoms with Crippen LogP contribution in [0.1, 0.15) is 36.1 Å². The van der Waals surface area contributed by atoms with E-state index in [0.29, 0.717) is 19.5 Å². The van der Waals surface area contributed by atoms with Gasteiger partial charge in [0.15, 0.2) is 5.96 Å². The summed E-state index contributed by atoms with van der Waals surface area (Å²) in [6.45, 7) is 4.86. The summed E-state index contributed by atoms with van der Waals surface area (Å²) < 4.78 is 2.05. The van der Waals surface area contributed by atoms with E-state index in [0.717, 1.165) is 30.2 Å². The Balaban J connectivity index is 1.53. The number of aliphatic imine (C=N–C) groups is 1. The number of nitrogens with one attached hydrogen (secondary N) is 2. The van der Waals surface area contributed by atoms with Gasteiger partial charge < -0.3 is 20.3 Å². The molecule has 0 fully saturated rings. The molecule has 1 atom stereocenters. The lowest BCUT2D eigenvalue weighted by molar-refractivity contribution is 0.168. The van der Waals surface area contributed by atoms with Crippen LogP contribution in [0.2, 0.25) is 0 Å². The van der Waals surface area contributed by atoms with Crippen molar-refractivity contribution >= 4 is 5.96 Å². The topological polar surface area (TPSA) is 74.5 Å². The number of nitrogens with zero attached hydrogens (tertiary/aromatic N) is 3. The smallest absolute Gasteiger partial charge is 0.191 e. The van der Waals surface area contributed by atoms with Gasteiger partial charge in [-0.3, -0.25) is 0 Å². The second-order valence-corrected chi connectivity index (χ2v) is 6.89. The summed E-state index contributed by atoms with van der Waals surface area (Å²) in [6, 6.07) is 18.2. The third kappa shape index (κ3) is 6.76. The molecule has 0 aliphatic rings. The monoisotopic (exact) mass is 391 g/mol. The molecule has 0 spiro atoms. The molecule has 0 aliphatic carbocycles. The lowest BCUT2D eigenvalue weighted by Crippen LogP contribution is -2.38. The largest absolute Gasteiger partial charge is 0.388 e. The van der Waals surface area contributed by atoms with Crippen LogP contribution in [-0.2, 0) is 13.1 Å². The van der Waals surface area contributed by atoms with E-state index in [-0.39, 0.29) is 0 Å². The number of guanidine groups is 1. The van der Waals surface area contributed by atoms with Gasteiger partial charge in [0.25, 0.3) is 0 Å². The Hall–Kier alpha value is -3.12. The van der Waals surface area contributed by atoms with Crippen LogP contribution < -0.4 is 10.6 Å². The Bertz CT molecular complexity index is 877. The number of aliphatic hydroxyl groups is 1. The zero-order valence-electron chi connectivity index (χ0n) is 16.8. The molecule has 6 heteroatoms. The SMILES string of the molecule is CCNC(=NCc1cccc(Cn2ccnc2)c1)NCCC(O)c1ccccc1. The molecule has 1 unspecified atom stereocenters. The first-order valence-corrected chi connectivity index (χ1v) is 10.0. The van der Waals surface area contributed by atoms with Gasteiger partial charge in [-0.25, -0.2) is 9.98 Å². The van der Waals surface area contributed by atoms with Crippen molar-refractivity contribution in [3.63, 3.8) is 0 Å². The van der Waals surface area contributed by atoms with Crippen molar-refractivity contribution in [3.05, 3.63) is 90.0 Å². The lowest BCUT2D eigenvalue weighted by Gasteiger charge is -2.14. The van der Waals surface area contributed by atoms with E-state index in [9.17, 15) is 5.11 Å². The fourth-order valence-corrected chi connectivity index (χ4v) is 3.10. The molecule has 29 heavy (non-hydrogen) atoms. The molecule has 2 aromatic carbocycles. The molecule has 3 N–H and O–H groups in total. The second kappa shape index (κ2) is 11.0. The van der Waals surface area contributed by atoms with E-state index >= 15 is 0 Å². The highest BCUT2D eigenvalue weighted by Gasteiger charge is 2.07. The highest BCUT2D eigenvalue weighted by molar-refractivity contribution is 5.79. The van der Waals surface area contributed by atoms with Crippen molar-refractivity contribution in [1.29, 1.82) is 0 Å². The summed E-state index contributed by atoms with van der Waals surface area (Å²) >= 11 is 0. The van der Waals surface area contributed by atoms with Crippen LogP contribution in [0.4, 0.5) is 0 Å². The minimum absolute atomic E-state index is 0.480. The Labute approximate surface area is 172 Å². The van der Waals surface area contributed by atoms with Crippen molar-refractivity contribution in [2.75, 3.05) is 13.1 Å². The number of imidazole rings is 1. The van der Waals surface area contributed by atoms with Crippen LogP contribution in [0.15, 0.2) is 78.3 Å². The Morgan fingerprint density at radius 3 is 2.69 bits per heavy atom. The summed E-state index contributed by atoms with van der Waals surface area (Å²) in [5, 5.41) is 16.9. The predicted octanol–water partition coefficient (Wildman–Crippen LogP) is 3.11. The minimum Gasteiger partial charge on any atom is -0.388 e. The molecule has 0 saturated heterocycles. The third-order valence-electron chi connectivity index (χ3n) is 4.57. The first-order valence-electron chi connectivity index (χ1n) is 10.0. The average molecular weight is 392 g/mol. The standard InChI is InChI=1S/C23H29N5O/c1-2-25-23(26-12-11-22(29)21-9-4-3-5-10-21)27-16-19-7-6-8-20(15-19)17-28-14-13-24-18-28/h3-10,13-15,18,22,29H,2,11-12,16-17H2,1H3,(H2,25,26,27). The van der Waals surface area contributed by atoms with Crippen LogP contribution in [0, 0.1) is 0 Å². The van der Waals surface area contributed by atoms with Crippen LogP contribution in [0.3, 0.4) is 0 Å². The average Bonchev–Trinajstić information content (AvgIpc) is 3.26. The van der Waals surface area contributed by atoms with Gasteiger partial charge in [0.05, 0.1) is 19.0 Å². The molecule has 0 saturated carbocycles. The highest BCUT2D eigenvalue weighted by Crippen LogP contribution is 2.14. The van der Waals surface area contributed by atoms with E-state index < -0.39 is 6.10 Å². The number of hydrogen-bond donors (Lipinski definition) is 3. The van der Waals surface area contributed by atoms with Gasteiger partial charge >= 0.3 is 0 Å². The Kier molecular flexibility index (Phi) is 7.83. The molecular formula is C23H29N5O. The van der Waals surface area contributed by atoms with Crippen LogP contribution in [-0.4, -0.2) is 33.7 Å². The number of hydrogen-bond acceptors (Lipinski definition) is 3. The van der Waals surface area contributed by atoms with Crippen LogP contribution in [0.5, 0.6) is 0 Å². The molecule has 152 valence electrons. The van der Waals surface area contributed by atoms with E-state index in [1.807, 2.05) is 54.3 Å². The molecule has 1 heterocycles. The fourth-order valence-electron chi connectivity index (χ4n) is 3.10. The zero-order valence-corrected chi connectivity index (χ0v) is 16.8. The first kappa shape index (κ1) is 20.6. The quantitative estimate of drug-likeness (QED) is 0.387. The second-order valence-electron chi connectivity index (χ2n) is 6.89. The number of rotatable bonds is 9. The summed E-state index contributed by atoms with van der Waals surface area (Å²) in [5.74, 6) is 0.757. The summed E-state index contributed by atoms with van der Waals surface area (Å²) in [4.78, 5) is 8.77. The molecule has 0 radical (unpaired) electrons. The highest BCUT2D eigenvalue weighted by atomic mass is 16.3. The summed E-state index contributed by atoms with van der Waals surface area (Å²) in [6.07, 6.45) is 5.71. The van der Waals surface area contributed by atoms with E-state index in [1.54, 1.807) is 6.20 Å². The number of benzene rings is 2. The minimum atomic E-state index is -0.480. The maximum atomic E-state index is 10.3. The maximum absolute atomic E-state index is 10.3. The van der Waals surface area contributed by atoms with Gasteiger partial charge in [0, 0.05) is 32.0 Å². The van der Waals surface area contributed by atoms with Gasteiger partial charge in [-0.05, 0) is 30.0 Å². The predicted molar refractivity (Wildman–Crippen MR) is 117 cm³/mol. The van der Waals surface area contributed by atoms with Crippen molar-refractivity contribution in [2.45, 2.75) is 32.5 Å². The molecule has 1 aromatic heterocycles. The Morgan fingerprint density at radius 1 is 1.10 bits per heavy atom. The van der Waals surface area contributed by atoms with Gasteiger partial charge in [-0.1, -0.05) is 54.6 Å². The first-order chi connectivity index (χ1) is 14.2. The van der Waals surface area contributed by atoms with Gasteiger partial charge in [-0.15, -0.1) is 0 Å². The molecule has 6 nitrogen and oxygen atoms in total. The van der Waals surface area contributed by atoms with Crippen LogP contribution in [0.25, 0.3) is 0 Å². The zero-order chi connectivity index (χ0) is 20.3. The molecule has 0 amide bonds. The number of aliphatic hydroxyl groups excluding tert-OH is 1. The van der Waals surface area contributed by atoms with Crippen molar-refractivity contribution < 1.29 is 5.11 Å². The van der Waals surface area contributed by atoms with Crippen molar-refractivity contribution in [1.82, 2.24) is 20.2 Å². The van der Waals surface area contributed by atoms with Crippen molar-refractivity contribution in [3.8, 4) is 0 Å². The van der Waals surface area contributed by atoms with E-state index in [1.165, 1.54) is 5.56 Å².